The Hall–Kier alpha value is -0.770. The summed E-state index contributed by atoms with van der Waals surface area (Å²) in [4.78, 5) is 13.8. The van der Waals surface area contributed by atoms with Crippen LogP contribution in [0.25, 0.3) is 0 Å². The van der Waals surface area contributed by atoms with Crippen LogP contribution in [0, 0.1) is 11.8 Å². The Labute approximate surface area is 124 Å². The molecular formula is C16H32N2O2. The van der Waals surface area contributed by atoms with E-state index in [0.717, 1.165) is 31.8 Å². The zero-order valence-electron chi connectivity index (χ0n) is 13.8. The fourth-order valence-corrected chi connectivity index (χ4v) is 2.63. The highest BCUT2D eigenvalue weighted by Gasteiger charge is 2.32. The van der Waals surface area contributed by atoms with E-state index in [1.165, 1.54) is 12.8 Å². The van der Waals surface area contributed by atoms with Gasteiger partial charge in [-0.2, -0.15) is 0 Å². The summed E-state index contributed by atoms with van der Waals surface area (Å²) in [5, 5.41) is 0. The van der Waals surface area contributed by atoms with Gasteiger partial charge in [0.15, 0.2) is 0 Å². The summed E-state index contributed by atoms with van der Waals surface area (Å²) in [6, 6.07) is 0.209. The summed E-state index contributed by atoms with van der Waals surface area (Å²) in [6.45, 7) is 11.7. The number of amides is 1. The van der Waals surface area contributed by atoms with Gasteiger partial charge in [0.1, 0.15) is 5.60 Å². The van der Waals surface area contributed by atoms with E-state index < -0.39 is 5.60 Å². The normalized spacial score (nSPS) is 21.4. The highest BCUT2D eigenvalue weighted by Crippen LogP contribution is 2.24. The lowest BCUT2D eigenvalue weighted by molar-refractivity contribution is 0.0286. The van der Waals surface area contributed by atoms with Crippen molar-refractivity contribution in [3.8, 4) is 0 Å². The number of nitrogens with zero attached hydrogens (tertiary/aromatic N) is 1. The van der Waals surface area contributed by atoms with Crippen LogP contribution in [0.4, 0.5) is 4.79 Å². The Kier molecular flexibility index (Phi) is 6.31. The smallest absolute Gasteiger partial charge is 0.410 e. The van der Waals surface area contributed by atoms with Gasteiger partial charge in [0, 0.05) is 19.1 Å². The van der Waals surface area contributed by atoms with Gasteiger partial charge in [-0.1, -0.05) is 26.7 Å². The maximum atomic E-state index is 12.0. The molecule has 1 amide bonds. The Morgan fingerprint density at radius 2 is 2.00 bits per heavy atom. The minimum atomic E-state index is -0.422. The molecule has 1 aliphatic heterocycles. The molecule has 1 saturated heterocycles. The summed E-state index contributed by atoms with van der Waals surface area (Å²) < 4.78 is 5.41. The Morgan fingerprint density at radius 1 is 1.35 bits per heavy atom. The van der Waals surface area contributed by atoms with E-state index >= 15 is 0 Å². The van der Waals surface area contributed by atoms with E-state index in [1.54, 1.807) is 4.90 Å². The van der Waals surface area contributed by atoms with Crippen molar-refractivity contribution in [3.63, 3.8) is 0 Å². The van der Waals surface area contributed by atoms with Gasteiger partial charge in [-0.05, 0) is 45.4 Å². The highest BCUT2D eigenvalue weighted by atomic mass is 16.6. The fraction of sp³-hybridized carbons (Fsp3) is 0.938. The van der Waals surface area contributed by atoms with Crippen LogP contribution in [0.5, 0.6) is 0 Å². The predicted octanol–water partition coefficient (Wildman–Crippen LogP) is 3.40. The van der Waals surface area contributed by atoms with Crippen molar-refractivity contribution in [2.24, 2.45) is 17.6 Å². The molecule has 0 aromatic heterocycles. The van der Waals surface area contributed by atoms with Gasteiger partial charge >= 0.3 is 6.09 Å². The molecule has 0 aliphatic carbocycles. The lowest BCUT2D eigenvalue weighted by Crippen LogP contribution is -2.37. The molecule has 0 radical (unpaired) electrons. The lowest BCUT2D eigenvalue weighted by Gasteiger charge is -2.25. The molecule has 118 valence electrons. The van der Waals surface area contributed by atoms with Gasteiger partial charge in [-0.25, -0.2) is 4.79 Å². The zero-order valence-corrected chi connectivity index (χ0v) is 13.8. The molecule has 20 heavy (non-hydrogen) atoms. The second kappa shape index (κ2) is 7.30. The first-order valence-electron chi connectivity index (χ1n) is 7.92. The highest BCUT2D eigenvalue weighted by molar-refractivity contribution is 5.68. The molecule has 1 aliphatic rings. The molecule has 0 saturated carbocycles. The summed E-state index contributed by atoms with van der Waals surface area (Å²) >= 11 is 0. The van der Waals surface area contributed by atoms with E-state index in [2.05, 4.69) is 13.8 Å². The predicted molar refractivity (Wildman–Crippen MR) is 82.6 cm³/mol. The van der Waals surface area contributed by atoms with Crippen LogP contribution in [0.1, 0.15) is 60.3 Å². The van der Waals surface area contributed by atoms with Gasteiger partial charge in [0.2, 0.25) is 0 Å². The fourth-order valence-electron chi connectivity index (χ4n) is 2.63. The van der Waals surface area contributed by atoms with Crippen LogP contribution in [0.15, 0.2) is 0 Å². The monoisotopic (exact) mass is 284 g/mol. The number of ether oxygens (including phenoxy) is 1. The lowest BCUT2D eigenvalue weighted by atomic mass is 9.93. The van der Waals surface area contributed by atoms with E-state index in [0.29, 0.717) is 5.92 Å². The summed E-state index contributed by atoms with van der Waals surface area (Å²) in [7, 11) is 0. The van der Waals surface area contributed by atoms with Gasteiger partial charge in [-0.3, -0.25) is 0 Å². The molecule has 1 heterocycles. The average Bonchev–Trinajstić information content (AvgIpc) is 2.75. The minimum absolute atomic E-state index is 0.200. The van der Waals surface area contributed by atoms with Crippen molar-refractivity contribution in [2.75, 3.05) is 13.1 Å². The van der Waals surface area contributed by atoms with Gasteiger partial charge in [0.25, 0.3) is 0 Å². The second-order valence-corrected chi connectivity index (χ2v) is 7.46. The van der Waals surface area contributed by atoms with E-state index in [9.17, 15) is 4.79 Å². The van der Waals surface area contributed by atoms with E-state index in [4.69, 9.17) is 10.5 Å². The molecule has 0 bridgehead atoms. The molecular weight excluding hydrogens is 252 g/mol. The quantitative estimate of drug-likeness (QED) is 0.842. The maximum absolute atomic E-state index is 12.0. The molecule has 2 atom stereocenters. The molecule has 1 rings (SSSR count). The number of carbonyl (C=O) groups excluding carboxylic acids is 1. The zero-order chi connectivity index (χ0) is 15.3. The van der Waals surface area contributed by atoms with Crippen molar-refractivity contribution in [1.82, 2.24) is 4.90 Å². The molecule has 2 unspecified atom stereocenters. The Balaban J connectivity index is 2.33. The number of rotatable bonds is 5. The number of nitrogens with two attached hydrogens (primary N) is 1. The van der Waals surface area contributed by atoms with Gasteiger partial charge in [-0.15, -0.1) is 0 Å². The van der Waals surface area contributed by atoms with Crippen molar-refractivity contribution >= 4 is 6.09 Å². The summed E-state index contributed by atoms with van der Waals surface area (Å²) in [5.41, 5.74) is 5.85. The first-order valence-corrected chi connectivity index (χ1v) is 7.92. The molecule has 4 heteroatoms. The average molecular weight is 284 g/mol. The SMILES string of the molecule is CC(C)CCCC(N)C1CCN(C(=O)OC(C)(C)C)C1. The van der Waals surface area contributed by atoms with Crippen LogP contribution in [-0.2, 0) is 4.74 Å². The van der Waals surface area contributed by atoms with E-state index in [-0.39, 0.29) is 12.1 Å². The first kappa shape index (κ1) is 17.3. The van der Waals surface area contributed by atoms with Crippen molar-refractivity contribution in [2.45, 2.75) is 71.9 Å². The van der Waals surface area contributed by atoms with Crippen LogP contribution < -0.4 is 5.73 Å². The van der Waals surface area contributed by atoms with Gasteiger partial charge in [0.05, 0.1) is 0 Å². The van der Waals surface area contributed by atoms with Crippen LogP contribution >= 0.6 is 0 Å². The standard InChI is InChI=1S/C16H32N2O2/c1-12(2)7-6-8-14(17)13-9-10-18(11-13)15(19)20-16(3,4)5/h12-14H,6-11,17H2,1-5H3. The first-order chi connectivity index (χ1) is 9.19. The maximum Gasteiger partial charge on any atom is 0.410 e. The third-order valence-corrected chi connectivity index (χ3v) is 3.80. The number of carbonyl (C=O) groups is 1. The molecule has 4 nitrogen and oxygen atoms in total. The summed E-state index contributed by atoms with van der Waals surface area (Å²) in [6.07, 6.45) is 4.28. The van der Waals surface area contributed by atoms with Crippen LogP contribution in [-0.4, -0.2) is 35.7 Å². The van der Waals surface area contributed by atoms with Crippen LogP contribution in [0.2, 0.25) is 0 Å². The van der Waals surface area contributed by atoms with Crippen molar-refractivity contribution in [1.29, 1.82) is 0 Å². The van der Waals surface area contributed by atoms with Crippen molar-refractivity contribution < 1.29 is 9.53 Å². The van der Waals surface area contributed by atoms with Crippen LogP contribution in [0.3, 0.4) is 0 Å². The molecule has 0 aromatic carbocycles. The van der Waals surface area contributed by atoms with E-state index in [1.807, 2.05) is 20.8 Å². The molecule has 0 aromatic rings. The largest absolute Gasteiger partial charge is 0.444 e. The number of hydrogen-bond acceptors (Lipinski definition) is 3. The Morgan fingerprint density at radius 3 is 2.55 bits per heavy atom. The topological polar surface area (TPSA) is 55.6 Å². The van der Waals surface area contributed by atoms with Gasteiger partial charge < -0.3 is 15.4 Å². The van der Waals surface area contributed by atoms with Crippen molar-refractivity contribution in [3.05, 3.63) is 0 Å². The Bertz CT molecular complexity index is 310. The molecule has 1 fully saturated rings. The third kappa shape index (κ3) is 6.12. The number of hydrogen-bond donors (Lipinski definition) is 1. The molecule has 0 spiro atoms. The number of likely N-dealkylation sites (tertiary alicyclic amines) is 1. The minimum Gasteiger partial charge on any atom is -0.444 e. The second-order valence-electron chi connectivity index (χ2n) is 7.46. The molecule has 2 N–H and O–H groups in total. The summed E-state index contributed by atoms with van der Waals surface area (Å²) in [5.74, 6) is 1.17. The third-order valence-electron chi connectivity index (χ3n) is 3.80.